The smallest absolute Gasteiger partial charge is 0.406 e. The molecule has 1 heterocycles. The maximum atomic E-state index is 12.2. The molecule has 1 saturated carbocycles. The van der Waals surface area contributed by atoms with Crippen LogP contribution in [0.1, 0.15) is 52.5 Å². The van der Waals surface area contributed by atoms with Crippen molar-refractivity contribution in [3.63, 3.8) is 0 Å². The molecule has 1 amide bonds. The molecule has 4 rings (SSSR count). The summed E-state index contributed by atoms with van der Waals surface area (Å²) in [7, 11) is 1.62. The van der Waals surface area contributed by atoms with Gasteiger partial charge in [-0.1, -0.05) is 6.42 Å². The monoisotopic (exact) mass is 505 g/mol. The molecule has 2 aromatic carbocycles. The van der Waals surface area contributed by atoms with Gasteiger partial charge in [-0.05, 0) is 74.6 Å². The van der Waals surface area contributed by atoms with E-state index in [0.29, 0.717) is 24.3 Å². The second-order valence-electron chi connectivity index (χ2n) is 8.75. The van der Waals surface area contributed by atoms with E-state index in [9.17, 15) is 22.8 Å². The third kappa shape index (κ3) is 7.81. The van der Waals surface area contributed by atoms with Gasteiger partial charge in [0.1, 0.15) is 5.75 Å². The van der Waals surface area contributed by atoms with Crippen molar-refractivity contribution in [2.45, 2.75) is 46.0 Å². The average Bonchev–Trinajstić information content (AvgIpc) is 3.17. The Morgan fingerprint density at radius 3 is 2.42 bits per heavy atom. The van der Waals surface area contributed by atoms with Gasteiger partial charge in [0.25, 0.3) is 5.91 Å². The van der Waals surface area contributed by atoms with Crippen LogP contribution in [-0.4, -0.2) is 48.1 Å². The van der Waals surface area contributed by atoms with E-state index in [1.165, 1.54) is 38.3 Å². The van der Waals surface area contributed by atoms with Crippen LogP contribution in [0.25, 0.3) is 10.9 Å². The Balaban J connectivity index is 0.000000223. The summed E-state index contributed by atoms with van der Waals surface area (Å²) < 4.78 is 45.7. The number of nitrogens with one attached hydrogen (secondary N) is 1. The molecule has 0 saturated heterocycles. The van der Waals surface area contributed by atoms with Gasteiger partial charge in [-0.3, -0.25) is 14.3 Å². The van der Waals surface area contributed by atoms with E-state index in [-0.39, 0.29) is 17.4 Å². The predicted octanol–water partition coefficient (Wildman–Crippen LogP) is 5.31. The zero-order chi connectivity index (χ0) is 26.3. The molecule has 0 atom stereocenters. The van der Waals surface area contributed by atoms with Gasteiger partial charge in [0.15, 0.2) is 5.78 Å². The van der Waals surface area contributed by atoms with Gasteiger partial charge in [0.2, 0.25) is 0 Å². The highest BCUT2D eigenvalue weighted by Crippen LogP contribution is 2.28. The molecule has 0 bridgehead atoms. The first-order valence-electron chi connectivity index (χ1n) is 11.7. The normalized spacial score (nSPS) is 13.5. The number of benzene rings is 2. The predicted molar refractivity (Wildman–Crippen MR) is 129 cm³/mol. The van der Waals surface area contributed by atoms with Crippen LogP contribution in [0.5, 0.6) is 5.75 Å². The Morgan fingerprint density at radius 1 is 1.17 bits per heavy atom. The van der Waals surface area contributed by atoms with Crippen molar-refractivity contribution in [1.82, 2.24) is 15.1 Å². The Kier molecular flexibility index (Phi) is 9.08. The summed E-state index contributed by atoms with van der Waals surface area (Å²) in [6.07, 6.45) is 1.32. The van der Waals surface area contributed by atoms with Crippen molar-refractivity contribution in [3.05, 3.63) is 59.3 Å². The summed E-state index contributed by atoms with van der Waals surface area (Å²) in [5, 5.41) is 8.54. The van der Waals surface area contributed by atoms with Crippen LogP contribution in [0.4, 0.5) is 13.2 Å². The van der Waals surface area contributed by atoms with Crippen LogP contribution in [0.15, 0.2) is 42.6 Å². The topological polar surface area (TPSA) is 82.5 Å². The van der Waals surface area contributed by atoms with Crippen LogP contribution in [-0.2, 0) is 11.3 Å². The van der Waals surface area contributed by atoms with E-state index in [4.69, 9.17) is 4.74 Å². The number of fused-ring (bicyclic) bond motifs is 1. The molecule has 0 spiro atoms. The lowest BCUT2D eigenvalue weighted by atomic mass is 9.85. The summed E-state index contributed by atoms with van der Waals surface area (Å²) >= 11 is 0. The number of ether oxygens (including phenoxy) is 2. The number of ketones is 1. The molecule has 1 aliphatic carbocycles. The van der Waals surface area contributed by atoms with Crippen molar-refractivity contribution in [2.75, 3.05) is 20.3 Å². The zero-order valence-corrected chi connectivity index (χ0v) is 20.5. The van der Waals surface area contributed by atoms with Gasteiger partial charge in [-0.15, -0.1) is 13.2 Å². The highest BCUT2D eigenvalue weighted by atomic mass is 19.4. The van der Waals surface area contributed by atoms with E-state index < -0.39 is 6.36 Å². The summed E-state index contributed by atoms with van der Waals surface area (Å²) in [6, 6.07) is 8.70. The summed E-state index contributed by atoms with van der Waals surface area (Å²) in [6.45, 7) is 5.32. The molecule has 1 fully saturated rings. The first kappa shape index (κ1) is 27.2. The number of Topliss-reactive ketones (excluding diaryl/α,β-unsaturated/α-hetero) is 1. The third-order valence-electron chi connectivity index (χ3n) is 5.90. The van der Waals surface area contributed by atoms with Crippen molar-refractivity contribution >= 4 is 22.6 Å². The fourth-order valence-corrected chi connectivity index (χ4v) is 3.76. The van der Waals surface area contributed by atoms with E-state index in [1.807, 2.05) is 23.7 Å². The Labute approximate surface area is 207 Å². The number of methoxy groups -OCH3 is 1. The lowest BCUT2D eigenvalue weighted by Crippen LogP contribution is -2.27. The van der Waals surface area contributed by atoms with Gasteiger partial charge in [-0.2, -0.15) is 5.10 Å². The van der Waals surface area contributed by atoms with E-state index >= 15 is 0 Å². The molecule has 194 valence electrons. The third-order valence-corrected chi connectivity index (χ3v) is 5.90. The van der Waals surface area contributed by atoms with Crippen molar-refractivity contribution in [1.29, 1.82) is 0 Å². The lowest BCUT2D eigenvalue weighted by Gasteiger charge is -2.24. The lowest BCUT2D eigenvalue weighted by molar-refractivity contribution is -0.274. The number of hydrogen-bond donors (Lipinski definition) is 1. The molecular formula is C26H30F3N3O4. The van der Waals surface area contributed by atoms with Crippen LogP contribution >= 0.6 is 0 Å². The SMILES string of the molecule is CC(=O)c1ccc(OC(F)(F)F)cc1.COCCNC(=O)c1cc2cn(CC3CCC3)nc2cc1C. The highest BCUT2D eigenvalue weighted by Gasteiger charge is 2.31. The first-order valence-corrected chi connectivity index (χ1v) is 11.7. The Bertz CT molecular complexity index is 1190. The van der Waals surface area contributed by atoms with Crippen LogP contribution in [0.2, 0.25) is 0 Å². The molecule has 0 radical (unpaired) electrons. The second kappa shape index (κ2) is 12.0. The van der Waals surface area contributed by atoms with Gasteiger partial charge < -0.3 is 14.8 Å². The fourth-order valence-electron chi connectivity index (χ4n) is 3.76. The number of carbonyl (C=O) groups is 2. The fraction of sp³-hybridized carbons (Fsp3) is 0.423. The molecular weight excluding hydrogens is 475 g/mol. The molecule has 7 nitrogen and oxygen atoms in total. The van der Waals surface area contributed by atoms with Gasteiger partial charge in [0.05, 0.1) is 12.1 Å². The summed E-state index contributed by atoms with van der Waals surface area (Å²) in [5.74, 6) is 0.182. The van der Waals surface area contributed by atoms with Gasteiger partial charge in [0, 0.05) is 42.9 Å². The quantitative estimate of drug-likeness (QED) is 0.332. The number of aromatic nitrogens is 2. The molecule has 1 N–H and O–H groups in total. The molecule has 1 aliphatic rings. The Hall–Kier alpha value is -3.40. The maximum Gasteiger partial charge on any atom is 0.573 e. The number of amides is 1. The van der Waals surface area contributed by atoms with E-state index in [2.05, 4.69) is 21.3 Å². The first-order chi connectivity index (χ1) is 17.1. The molecule has 10 heteroatoms. The minimum Gasteiger partial charge on any atom is -0.406 e. The number of nitrogens with zero attached hydrogens (tertiary/aromatic N) is 2. The highest BCUT2D eigenvalue weighted by molar-refractivity contribution is 5.99. The number of aryl methyl sites for hydroxylation is 1. The standard InChI is InChI=1S/C17H23N3O2.C9H7F3O2/c1-12-8-16-14(9-15(12)17(21)18-6-7-22-2)11-20(19-16)10-13-4-3-5-13;1-6(13)7-2-4-8(5-3-7)14-9(10,11)12/h8-9,11,13H,3-7,10H2,1-2H3,(H,18,21);2-5H,1H3. The molecule has 3 aromatic rings. The largest absolute Gasteiger partial charge is 0.573 e. The van der Waals surface area contributed by atoms with Gasteiger partial charge in [-0.25, -0.2) is 0 Å². The van der Waals surface area contributed by atoms with Crippen molar-refractivity contribution in [3.8, 4) is 5.75 Å². The van der Waals surface area contributed by atoms with E-state index in [0.717, 1.165) is 41.1 Å². The minimum atomic E-state index is -4.70. The van der Waals surface area contributed by atoms with Crippen molar-refractivity contribution < 1.29 is 32.2 Å². The zero-order valence-electron chi connectivity index (χ0n) is 20.5. The van der Waals surface area contributed by atoms with E-state index in [1.54, 1.807) is 7.11 Å². The van der Waals surface area contributed by atoms with Crippen molar-refractivity contribution in [2.24, 2.45) is 5.92 Å². The molecule has 0 aliphatic heterocycles. The molecule has 1 aromatic heterocycles. The van der Waals surface area contributed by atoms with Crippen LogP contribution in [0.3, 0.4) is 0 Å². The van der Waals surface area contributed by atoms with Crippen LogP contribution in [0, 0.1) is 12.8 Å². The molecule has 0 unspecified atom stereocenters. The summed E-state index contributed by atoms with van der Waals surface area (Å²) in [4.78, 5) is 23.0. The van der Waals surface area contributed by atoms with Crippen LogP contribution < -0.4 is 10.1 Å². The number of halogens is 3. The maximum absolute atomic E-state index is 12.2. The number of hydrogen-bond acceptors (Lipinski definition) is 5. The Morgan fingerprint density at radius 2 is 1.86 bits per heavy atom. The minimum absolute atomic E-state index is 0.0526. The number of rotatable bonds is 8. The van der Waals surface area contributed by atoms with Gasteiger partial charge >= 0.3 is 6.36 Å². The molecule has 36 heavy (non-hydrogen) atoms. The second-order valence-corrected chi connectivity index (χ2v) is 8.75. The average molecular weight is 506 g/mol. The summed E-state index contributed by atoms with van der Waals surface area (Å²) in [5.41, 5.74) is 2.98. The number of alkyl halides is 3. The number of carbonyl (C=O) groups excluding carboxylic acids is 2.